The molecule has 0 aliphatic rings. The van der Waals surface area contributed by atoms with Crippen molar-refractivity contribution in [3.63, 3.8) is 0 Å². The van der Waals surface area contributed by atoms with Crippen LogP contribution in [0.25, 0.3) is 10.9 Å². The van der Waals surface area contributed by atoms with E-state index in [0.717, 1.165) is 35.1 Å². The summed E-state index contributed by atoms with van der Waals surface area (Å²) in [7, 11) is 1.64. The molecule has 1 unspecified atom stereocenters. The molecule has 0 spiro atoms. The first-order valence-corrected chi connectivity index (χ1v) is 6.98. The number of benzene rings is 1. The summed E-state index contributed by atoms with van der Waals surface area (Å²) in [6.45, 7) is 4.74. The lowest BCUT2D eigenvalue weighted by atomic mass is 10.1. The van der Waals surface area contributed by atoms with Gasteiger partial charge in [0.2, 0.25) is 0 Å². The van der Waals surface area contributed by atoms with E-state index >= 15 is 0 Å². The molecule has 2 rings (SSSR count). The molecule has 0 aliphatic heterocycles. The standard InChI is InChI=1S/C16H22N2O2/c1-4-5-11(2)20-10-13-8-12-6-7-14(19-3)9-15(12)18-16(13)17/h6-9,11H,4-5,10H2,1-3H3,(H2,17,18). The number of ether oxygens (including phenoxy) is 2. The predicted octanol–water partition coefficient (Wildman–Crippen LogP) is 3.53. The zero-order valence-electron chi connectivity index (χ0n) is 12.3. The summed E-state index contributed by atoms with van der Waals surface area (Å²) in [5.74, 6) is 1.31. The molecule has 2 N–H and O–H groups in total. The lowest BCUT2D eigenvalue weighted by Gasteiger charge is -2.13. The van der Waals surface area contributed by atoms with Crippen LogP contribution in [-0.4, -0.2) is 18.2 Å². The van der Waals surface area contributed by atoms with Gasteiger partial charge in [-0.2, -0.15) is 0 Å². The van der Waals surface area contributed by atoms with Crippen molar-refractivity contribution in [1.82, 2.24) is 4.98 Å². The summed E-state index contributed by atoms with van der Waals surface area (Å²) in [4.78, 5) is 4.43. The van der Waals surface area contributed by atoms with Crippen LogP contribution in [0.4, 0.5) is 5.82 Å². The van der Waals surface area contributed by atoms with Crippen molar-refractivity contribution in [2.75, 3.05) is 12.8 Å². The van der Waals surface area contributed by atoms with Gasteiger partial charge in [-0.3, -0.25) is 0 Å². The molecule has 1 atom stereocenters. The highest BCUT2D eigenvalue weighted by molar-refractivity contribution is 5.82. The third-order valence-corrected chi connectivity index (χ3v) is 3.36. The van der Waals surface area contributed by atoms with E-state index in [1.807, 2.05) is 24.3 Å². The van der Waals surface area contributed by atoms with E-state index in [9.17, 15) is 0 Å². The molecule has 1 aromatic carbocycles. The number of pyridine rings is 1. The van der Waals surface area contributed by atoms with E-state index in [2.05, 4.69) is 18.8 Å². The number of aromatic nitrogens is 1. The Balaban J connectivity index is 2.20. The summed E-state index contributed by atoms with van der Waals surface area (Å²) >= 11 is 0. The van der Waals surface area contributed by atoms with Crippen molar-refractivity contribution in [3.8, 4) is 5.75 Å². The molecule has 0 amide bonds. The summed E-state index contributed by atoms with van der Waals surface area (Å²) < 4.78 is 11.0. The van der Waals surface area contributed by atoms with Gasteiger partial charge in [-0.1, -0.05) is 13.3 Å². The van der Waals surface area contributed by atoms with Crippen LogP contribution < -0.4 is 10.5 Å². The molecule has 1 aromatic heterocycles. The molecule has 1 heterocycles. The maximum atomic E-state index is 6.01. The number of hydrogen-bond donors (Lipinski definition) is 1. The minimum atomic E-state index is 0.242. The molecule has 0 bridgehead atoms. The maximum absolute atomic E-state index is 6.01. The summed E-state index contributed by atoms with van der Waals surface area (Å²) in [6, 6.07) is 7.83. The van der Waals surface area contributed by atoms with Crippen LogP contribution in [0.15, 0.2) is 24.3 Å². The first kappa shape index (κ1) is 14.6. The Morgan fingerprint density at radius 1 is 1.30 bits per heavy atom. The number of anilines is 1. The zero-order chi connectivity index (χ0) is 14.5. The van der Waals surface area contributed by atoms with Crippen LogP contribution in [-0.2, 0) is 11.3 Å². The minimum Gasteiger partial charge on any atom is -0.497 e. The second-order valence-corrected chi connectivity index (χ2v) is 5.00. The largest absolute Gasteiger partial charge is 0.497 e. The number of nitrogens with two attached hydrogens (primary N) is 1. The predicted molar refractivity (Wildman–Crippen MR) is 81.9 cm³/mol. The van der Waals surface area contributed by atoms with Crippen LogP contribution in [0.2, 0.25) is 0 Å². The SMILES string of the molecule is CCCC(C)OCc1cc2ccc(OC)cc2nc1N. The lowest BCUT2D eigenvalue weighted by Crippen LogP contribution is -2.09. The van der Waals surface area contributed by atoms with Crippen LogP contribution in [0.3, 0.4) is 0 Å². The third-order valence-electron chi connectivity index (χ3n) is 3.36. The van der Waals surface area contributed by atoms with Gasteiger partial charge < -0.3 is 15.2 Å². The van der Waals surface area contributed by atoms with Gasteiger partial charge in [-0.05, 0) is 31.5 Å². The minimum absolute atomic E-state index is 0.242. The molecule has 0 aliphatic carbocycles. The maximum Gasteiger partial charge on any atom is 0.129 e. The molecule has 2 aromatic rings. The van der Waals surface area contributed by atoms with E-state index in [1.54, 1.807) is 7.11 Å². The highest BCUT2D eigenvalue weighted by Crippen LogP contribution is 2.23. The topological polar surface area (TPSA) is 57.4 Å². The van der Waals surface area contributed by atoms with Crippen molar-refractivity contribution in [2.45, 2.75) is 39.4 Å². The normalized spacial score (nSPS) is 12.6. The van der Waals surface area contributed by atoms with Crippen molar-refractivity contribution in [3.05, 3.63) is 29.8 Å². The summed E-state index contributed by atoms with van der Waals surface area (Å²) in [5, 5.41) is 1.04. The van der Waals surface area contributed by atoms with Crippen LogP contribution in [0.5, 0.6) is 5.75 Å². The molecule has 0 radical (unpaired) electrons. The first-order valence-electron chi connectivity index (χ1n) is 6.98. The van der Waals surface area contributed by atoms with E-state index in [4.69, 9.17) is 15.2 Å². The number of rotatable bonds is 6. The Kier molecular flexibility index (Phi) is 4.79. The Labute approximate surface area is 119 Å². The fourth-order valence-corrected chi connectivity index (χ4v) is 2.17. The second-order valence-electron chi connectivity index (χ2n) is 5.00. The zero-order valence-corrected chi connectivity index (χ0v) is 12.3. The number of nitrogen functional groups attached to an aromatic ring is 1. The van der Waals surface area contributed by atoms with Crippen molar-refractivity contribution < 1.29 is 9.47 Å². The van der Waals surface area contributed by atoms with Gasteiger partial charge in [0, 0.05) is 17.0 Å². The average molecular weight is 274 g/mol. The molecule has 4 heteroatoms. The van der Waals surface area contributed by atoms with Crippen LogP contribution in [0, 0.1) is 0 Å². The fourth-order valence-electron chi connectivity index (χ4n) is 2.17. The van der Waals surface area contributed by atoms with Gasteiger partial charge in [-0.15, -0.1) is 0 Å². The van der Waals surface area contributed by atoms with Gasteiger partial charge in [0.25, 0.3) is 0 Å². The second kappa shape index (κ2) is 6.57. The number of nitrogens with zero attached hydrogens (tertiary/aromatic N) is 1. The Bertz CT molecular complexity index is 584. The van der Waals surface area contributed by atoms with E-state index in [0.29, 0.717) is 12.4 Å². The molecule has 20 heavy (non-hydrogen) atoms. The molecule has 108 valence electrons. The van der Waals surface area contributed by atoms with Gasteiger partial charge >= 0.3 is 0 Å². The highest BCUT2D eigenvalue weighted by atomic mass is 16.5. The summed E-state index contributed by atoms with van der Waals surface area (Å²) in [5.41, 5.74) is 7.78. The first-order chi connectivity index (χ1) is 9.63. The smallest absolute Gasteiger partial charge is 0.129 e. The van der Waals surface area contributed by atoms with E-state index < -0.39 is 0 Å². The van der Waals surface area contributed by atoms with Gasteiger partial charge in [0.05, 0.1) is 25.3 Å². The number of methoxy groups -OCH3 is 1. The Hall–Kier alpha value is -1.81. The quantitative estimate of drug-likeness (QED) is 0.875. The monoisotopic (exact) mass is 274 g/mol. The number of hydrogen-bond acceptors (Lipinski definition) is 4. The average Bonchev–Trinajstić information content (AvgIpc) is 2.44. The van der Waals surface area contributed by atoms with E-state index in [1.165, 1.54) is 0 Å². The van der Waals surface area contributed by atoms with Crippen molar-refractivity contribution in [2.24, 2.45) is 0 Å². The molecular formula is C16H22N2O2. The van der Waals surface area contributed by atoms with Crippen molar-refractivity contribution >= 4 is 16.7 Å². The molecule has 0 fully saturated rings. The van der Waals surface area contributed by atoms with Crippen LogP contribution >= 0.6 is 0 Å². The Morgan fingerprint density at radius 3 is 2.80 bits per heavy atom. The van der Waals surface area contributed by atoms with Gasteiger partial charge in [0.1, 0.15) is 11.6 Å². The number of fused-ring (bicyclic) bond motifs is 1. The highest BCUT2D eigenvalue weighted by Gasteiger charge is 2.07. The molecular weight excluding hydrogens is 252 g/mol. The van der Waals surface area contributed by atoms with Gasteiger partial charge in [0.15, 0.2) is 0 Å². The lowest BCUT2D eigenvalue weighted by molar-refractivity contribution is 0.0474. The molecule has 0 saturated heterocycles. The molecule has 0 saturated carbocycles. The fraction of sp³-hybridized carbons (Fsp3) is 0.438. The molecule has 4 nitrogen and oxygen atoms in total. The summed E-state index contributed by atoms with van der Waals surface area (Å²) in [6.07, 6.45) is 2.41. The van der Waals surface area contributed by atoms with Gasteiger partial charge in [-0.25, -0.2) is 4.98 Å². The van der Waals surface area contributed by atoms with E-state index in [-0.39, 0.29) is 6.10 Å². The van der Waals surface area contributed by atoms with Crippen LogP contribution in [0.1, 0.15) is 32.3 Å². The Morgan fingerprint density at radius 2 is 2.10 bits per heavy atom. The third kappa shape index (κ3) is 3.39. The van der Waals surface area contributed by atoms with Crippen molar-refractivity contribution in [1.29, 1.82) is 0 Å².